The third-order valence-electron chi connectivity index (χ3n) is 5.00. The van der Waals surface area contributed by atoms with Gasteiger partial charge in [-0.05, 0) is 18.2 Å². The van der Waals surface area contributed by atoms with E-state index in [1.165, 1.54) is 12.1 Å². The summed E-state index contributed by atoms with van der Waals surface area (Å²) in [7, 11) is 0. The van der Waals surface area contributed by atoms with Crippen LogP contribution in [0.4, 0.5) is 5.69 Å². The Balaban J connectivity index is 1.88. The molecule has 30 heavy (non-hydrogen) atoms. The fraction of sp³-hybridized carbons (Fsp3) is 0.100. The van der Waals surface area contributed by atoms with Crippen molar-refractivity contribution in [3.05, 3.63) is 79.5 Å². The van der Waals surface area contributed by atoms with Crippen LogP contribution in [0.3, 0.4) is 0 Å². The van der Waals surface area contributed by atoms with Gasteiger partial charge in [-0.15, -0.1) is 0 Å². The van der Waals surface area contributed by atoms with Crippen LogP contribution >= 0.6 is 0 Å². The van der Waals surface area contributed by atoms with Crippen LogP contribution < -0.4 is 25.6 Å². The van der Waals surface area contributed by atoms with E-state index in [-0.39, 0.29) is 57.9 Å². The molecule has 0 fully saturated rings. The normalized spacial score (nSPS) is 16.7. The Morgan fingerprint density at radius 3 is 2.67 bits per heavy atom. The van der Waals surface area contributed by atoms with Crippen molar-refractivity contribution in [1.82, 2.24) is 0 Å². The second kappa shape index (κ2) is 6.25. The van der Waals surface area contributed by atoms with Crippen molar-refractivity contribution in [2.45, 2.75) is 5.92 Å². The molecule has 0 aliphatic carbocycles. The predicted octanol–water partition coefficient (Wildman–Crippen LogP) is 2.65. The van der Waals surface area contributed by atoms with E-state index >= 15 is 0 Å². The highest BCUT2D eigenvalue weighted by atomic mass is 16.7. The van der Waals surface area contributed by atoms with Crippen LogP contribution in [-0.4, -0.2) is 11.7 Å². The topological polar surface area (TPSA) is 151 Å². The Labute approximate surface area is 167 Å². The van der Waals surface area contributed by atoms with Gasteiger partial charge in [0, 0.05) is 5.56 Å². The van der Waals surface area contributed by atoms with Crippen LogP contribution in [0.5, 0.6) is 17.2 Å². The highest BCUT2D eigenvalue weighted by Crippen LogP contribution is 2.48. The number of ether oxygens (including phenoxy) is 3. The van der Waals surface area contributed by atoms with E-state index in [0.29, 0.717) is 5.39 Å². The number of hydrogen-bond acceptors (Lipinski definition) is 9. The summed E-state index contributed by atoms with van der Waals surface area (Å²) in [6.07, 6.45) is 0. The molecule has 10 heteroatoms. The molecule has 3 aromatic rings. The van der Waals surface area contributed by atoms with Gasteiger partial charge in [0.2, 0.25) is 12.7 Å². The molecule has 2 aliphatic rings. The first kappa shape index (κ1) is 17.6. The van der Waals surface area contributed by atoms with Crippen LogP contribution in [0.2, 0.25) is 0 Å². The van der Waals surface area contributed by atoms with Crippen molar-refractivity contribution < 1.29 is 23.6 Å². The molecule has 148 valence electrons. The average molecular weight is 405 g/mol. The van der Waals surface area contributed by atoms with Gasteiger partial charge in [0.25, 0.3) is 5.69 Å². The maximum absolute atomic E-state index is 12.9. The highest BCUT2D eigenvalue weighted by molar-refractivity contribution is 5.86. The third kappa shape index (κ3) is 2.39. The maximum atomic E-state index is 12.9. The van der Waals surface area contributed by atoms with Gasteiger partial charge in [0.1, 0.15) is 17.2 Å². The molecule has 10 nitrogen and oxygen atoms in total. The van der Waals surface area contributed by atoms with E-state index in [4.69, 9.17) is 24.4 Å². The molecular formula is C20H11N3O7. The molecule has 2 aromatic carbocycles. The van der Waals surface area contributed by atoms with Crippen molar-refractivity contribution in [3.63, 3.8) is 0 Å². The van der Waals surface area contributed by atoms with Crippen LogP contribution in [0.25, 0.3) is 11.0 Å². The van der Waals surface area contributed by atoms with Crippen LogP contribution in [-0.2, 0) is 0 Å². The van der Waals surface area contributed by atoms with Crippen molar-refractivity contribution in [1.29, 1.82) is 5.26 Å². The molecular weight excluding hydrogens is 394 g/mol. The highest BCUT2D eigenvalue weighted by Gasteiger charge is 2.40. The second-order valence-electron chi connectivity index (χ2n) is 6.57. The number of nitro benzene ring substituents is 1. The van der Waals surface area contributed by atoms with Gasteiger partial charge in [0.15, 0.2) is 17.2 Å². The van der Waals surface area contributed by atoms with Crippen LogP contribution in [0.15, 0.2) is 57.1 Å². The lowest BCUT2D eigenvalue weighted by atomic mass is 9.83. The van der Waals surface area contributed by atoms with Crippen molar-refractivity contribution in [2.24, 2.45) is 5.73 Å². The first-order valence-corrected chi connectivity index (χ1v) is 8.71. The van der Waals surface area contributed by atoms with E-state index in [1.807, 2.05) is 6.07 Å². The molecule has 2 N–H and O–H groups in total. The molecule has 2 aliphatic heterocycles. The fourth-order valence-electron chi connectivity index (χ4n) is 3.71. The molecule has 0 radical (unpaired) electrons. The standard InChI is InChI=1S/C20H11N3O7/c21-7-11-16(10-5-14-15(28-8-27-14)6-12(10)23(25)26)17-18(30-19(11)22)9-3-1-2-4-13(9)29-20(17)24/h1-6,16H,8,22H2/t16-/m0/s1. The first-order valence-electron chi connectivity index (χ1n) is 8.71. The van der Waals surface area contributed by atoms with Gasteiger partial charge in [-0.25, -0.2) is 4.79 Å². The quantitative estimate of drug-likeness (QED) is 0.385. The number of nitrogens with zero attached hydrogens (tertiary/aromatic N) is 2. The van der Waals surface area contributed by atoms with Gasteiger partial charge in [0.05, 0.1) is 27.9 Å². The summed E-state index contributed by atoms with van der Waals surface area (Å²) in [6.45, 7) is -0.101. The first-order chi connectivity index (χ1) is 14.5. The van der Waals surface area contributed by atoms with Crippen molar-refractivity contribution in [3.8, 4) is 23.3 Å². The number of para-hydroxylation sites is 1. The SMILES string of the molecule is N#CC1=C(N)Oc2c(c(=O)oc3ccccc23)[C@H]1c1cc2c(cc1[N+](=O)[O-])OCO2. The third-order valence-corrected chi connectivity index (χ3v) is 5.00. The van der Waals surface area contributed by atoms with E-state index in [1.54, 1.807) is 24.3 Å². The zero-order chi connectivity index (χ0) is 21.0. The molecule has 1 aromatic heterocycles. The van der Waals surface area contributed by atoms with Gasteiger partial charge < -0.3 is 24.4 Å². The number of rotatable bonds is 2. The maximum Gasteiger partial charge on any atom is 0.344 e. The minimum atomic E-state index is -1.19. The Kier molecular flexibility index (Phi) is 3.66. The van der Waals surface area contributed by atoms with E-state index in [2.05, 4.69) is 0 Å². The number of nitro groups is 1. The Bertz CT molecular complexity index is 1380. The minimum absolute atomic E-state index is 0.0379. The zero-order valence-electron chi connectivity index (χ0n) is 15.1. The van der Waals surface area contributed by atoms with Gasteiger partial charge in [-0.2, -0.15) is 5.26 Å². The van der Waals surface area contributed by atoms with Gasteiger partial charge in [-0.1, -0.05) is 12.1 Å². The van der Waals surface area contributed by atoms with E-state index in [9.17, 15) is 20.2 Å². The average Bonchev–Trinajstić information content (AvgIpc) is 3.19. The number of allylic oxidation sites excluding steroid dienone is 1. The van der Waals surface area contributed by atoms with Crippen LogP contribution in [0.1, 0.15) is 17.0 Å². The summed E-state index contributed by atoms with van der Waals surface area (Å²) in [5.74, 6) is -0.897. The zero-order valence-corrected chi connectivity index (χ0v) is 15.1. The Hall–Kier alpha value is -4.52. The molecule has 0 spiro atoms. The monoisotopic (exact) mass is 405 g/mol. The lowest BCUT2D eigenvalue weighted by Gasteiger charge is -2.25. The lowest BCUT2D eigenvalue weighted by Crippen LogP contribution is -2.26. The van der Waals surface area contributed by atoms with Crippen LogP contribution in [0, 0.1) is 21.4 Å². The largest absolute Gasteiger partial charge is 0.454 e. The summed E-state index contributed by atoms with van der Waals surface area (Å²) < 4.78 is 21.6. The molecule has 5 rings (SSSR count). The molecule has 0 unspecified atom stereocenters. The second-order valence-corrected chi connectivity index (χ2v) is 6.57. The summed E-state index contributed by atoms with van der Waals surface area (Å²) >= 11 is 0. The molecule has 0 amide bonds. The van der Waals surface area contributed by atoms with E-state index < -0.39 is 16.5 Å². The number of hydrogen-bond donors (Lipinski definition) is 1. The number of benzene rings is 2. The summed E-state index contributed by atoms with van der Waals surface area (Å²) in [4.78, 5) is 24.1. The predicted molar refractivity (Wildman–Crippen MR) is 101 cm³/mol. The molecule has 1 atom stereocenters. The van der Waals surface area contributed by atoms with Crippen molar-refractivity contribution >= 4 is 16.7 Å². The lowest BCUT2D eigenvalue weighted by molar-refractivity contribution is -0.385. The Morgan fingerprint density at radius 1 is 1.20 bits per heavy atom. The molecule has 0 bridgehead atoms. The number of nitriles is 1. The smallest absolute Gasteiger partial charge is 0.344 e. The Morgan fingerprint density at radius 2 is 1.93 bits per heavy atom. The van der Waals surface area contributed by atoms with Crippen molar-refractivity contribution in [2.75, 3.05) is 6.79 Å². The summed E-state index contributed by atoms with van der Waals surface area (Å²) in [5, 5.41) is 22.0. The minimum Gasteiger partial charge on any atom is -0.454 e. The summed E-state index contributed by atoms with van der Waals surface area (Å²) in [5.41, 5.74) is 4.94. The fourth-order valence-corrected chi connectivity index (χ4v) is 3.71. The number of fused-ring (bicyclic) bond motifs is 4. The molecule has 3 heterocycles. The summed E-state index contributed by atoms with van der Waals surface area (Å²) in [6, 6.07) is 11.1. The van der Waals surface area contributed by atoms with Gasteiger partial charge >= 0.3 is 5.63 Å². The van der Waals surface area contributed by atoms with E-state index in [0.717, 1.165) is 0 Å². The molecule has 0 saturated carbocycles. The van der Waals surface area contributed by atoms with Gasteiger partial charge in [-0.3, -0.25) is 10.1 Å². The molecule has 0 saturated heterocycles. The number of nitrogens with two attached hydrogens (primary N) is 1.